The van der Waals surface area contributed by atoms with Gasteiger partial charge in [0.25, 0.3) is 0 Å². The number of benzene rings is 1. The third-order valence-corrected chi connectivity index (χ3v) is 8.34. The van der Waals surface area contributed by atoms with Gasteiger partial charge in [-0.2, -0.15) is 0 Å². The van der Waals surface area contributed by atoms with Crippen LogP contribution < -0.4 is 5.69 Å². The number of halogens is 2. The van der Waals surface area contributed by atoms with E-state index in [1.54, 1.807) is 6.07 Å². The minimum Gasteiger partial charge on any atom is -0.306 e. The maximum absolute atomic E-state index is 12.3. The maximum atomic E-state index is 12.3. The molecule has 2 unspecified atom stereocenters. The van der Waals surface area contributed by atoms with Crippen molar-refractivity contribution in [2.75, 3.05) is 5.75 Å². The van der Waals surface area contributed by atoms with Gasteiger partial charge in [0.1, 0.15) is 0 Å². The van der Waals surface area contributed by atoms with Gasteiger partial charge in [-0.25, -0.2) is 13.2 Å². The fourth-order valence-corrected chi connectivity index (χ4v) is 7.26. The summed E-state index contributed by atoms with van der Waals surface area (Å²) in [6.07, 6.45) is 2.32. The van der Waals surface area contributed by atoms with Crippen molar-refractivity contribution in [2.45, 2.75) is 29.3 Å². The van der Waals surface area contributed by atoms with E-state index in [1.807, 2.05) is 6.07 Å². The third kappa shape index (κ3) is 2.85. The summed E-state index contributed by atoms with van der Waals surface area (Å²) in [5, 5.41) is -0.425. The second-order valence-electron chi connectivity index (χ2n) is 5.30. The lowest BCUT2D eigenvalue weighted by molar-refractivity contribution is 0.536. The fourth-order valence-electron chi connectivity index (χ4n) is 2.79. The number of fused-ring (bicyclic) bond motifs is 1. The molecule has 1 fully saturated rings. The molecule has 5 nitrogen and oxygen atoms in total. The highest BCUT2D eigenvalue weighted by molar-refractivity contribution is 9.11. The molecule has 2 N–H and O–H groups in total. The van der Waals surface area contributed by atoms with Crippen LogP contribution in [-0.4, -0.2) is 29.4 Å². The number of rotatable bonds is 2. The van der Waals surface area contributed by atoms with Crippen molar-refractivity contribution in [3.63, 3.8) is 0 Å². The van der Waals surface area contributed by atoms with Gasteiger partial charge in [0.15, 0.2) is 9.84 Å². The first-order valence-corrected chi connectivity index (χ1v) is 10.1. The number of aromatic amines is 2. The molecule has 1 aromatic carbocycles. The van der Waals surface area contributed by atoms with Crippen LogP contribution in [0.1, 0.15) is 29.7 Å². The zero-order chi connectivity index (χ0) is 15.2. The van der Waals surface area contributed by atoms with Crippen molar-refractivity contribution >= 4 is 52.7 Å². The summed E-state index contributed by atoms with van der Waals surface area (Å²) in [5.74, 6) is 0.251. The molecule has 1 aliphatic heterocycles. The average molecular weight is 438 g/mol. The van der Waals surface area contributed by atoms with Gasteiger partial charge in [-0.3, -0.25) is 0 Å². The molecule has 3 rings (SSSR count). The molecular weight excluding hydrogens is 424 g/mol. The Bertz CT molecular complexity index is 841. The molecule has 0 aliphatic carbocycles. The normalized spacial score (nSPS) is 23.2. The molecular formula is C13H14Br2N2O3S. The number of nitrogens with one attached hydrogen (secondary N) is 2. The lowest BCUT2D eigenvalue weighted by atomic mass is 10.0. The minimum absolute atomic E-state index is 0.251. The summed E-state index contributed by atoms with van der Waals surface area (Å²) in [6, 6.07) is 3.62. The Kier molecular flexibility index (Phi) is 4.04. The first kappa shape index (κ1) is 15.3. The van der Waals surface area contributed by atoms with E-state index in [4.69, 9.17) is 0 Å². The highest BCUT2D eigenvalue weighted by Gasteiger charge is 2.35. The summed E-state index contributed by atoms with van der Waals surface area (Å²) < 4.78 is 25.3. The minimum atomic E-state index is -3.08. The molecule has 1 aliphatic rings. The van der Waals surface area contributed by atoms with Gasteiger partial charge >= 0.3 is 5.69 Å². The SMILES string of the molecule is O=c1[nH]c2cc(Br)c(C(Br)C3CCCCS3(=O)=O)cc2[nH]1. The zero-order valence-corrected chi connectivity index (χ0v) is 15.0. The number of aromatic nitrogens is 2. The van der Waals surface area contributed by atoms with Crippen molar-refractivity contribution in [3.05, 3.63) is 32.7 Å². The summed E-state index contributed by atoms with van der Waals surface area (Å²) >= 11 is 7.03. The van der Waals surface area contributed by atoms with Crippen molar-refractivity contribution in [2.24, 2.45) is 0 Å². The van der Waals surface area contributed by atoms with Crippen molar-refractivity contribution in [1.29, 1.82) is 0 Å². The number of sulfone groups is 1. The summed E-state index contributed by atoms with van der Waals surface area (Å²) in [7, 11) is -3.08. The topological polar surface area (TPSA) is 82.8 Å². The standard InChI is InChI=1S/C13H14Br2N2O3S/c14-8-6-10-9(16-13(18)17-10)5-7(8)12(15)11-3-1-2-4-21(11,19)20/h5-6,11-12H,1-4H2,(H2,16,17,18). The quantitative estimate of drug-likeness (QED) is 0.708. The molecule has 0 spiro atoms. The highest BCUT2D eigenvalue weighted by Crippen LogP contribution is 2.40. The van der Waals surface area contributed by atoms with Crippen LogP contribution in [0.3, 0.4) is 0 Å². The van der Waals surface area contributed by atoms with Crippen LogP contribution >= 0.6 is 31.9 Å². The van der Waals surface area contributed by atoms with Crippen LogP contribution in [0, 0.1) is 0 Å². The Morgan fingerprint density at radius 2 is 1.86 bits per heavy atom. The predicted molar refractivity (Wildman–Crippen MR) is 89.7 cm³/mol. The van der Waals surface area contributed by atoms with Crippen molar-refractivity contribution < 1.29 is 8.42 Å². The average Bonchev–Trinajstić information content (AvgIpc) is 2.75. The molecule has 1 aromatic heterocycles. The predicted octanol–water partition coefficient (Wildman–Crippen LogP) is 3.02. The highest BCUT2D eigenvalue weighted by atomic mass is 79.9. The van der Waals surface area contributed by atoms with E-state index in [1.165, 1.54) is 0 Å². The van der Waals surface area contributed by atoms with Crippen LogP contribution in [0.15, 0.2) is 21.4 Å². The van der Waals surface area contributed by atoms with Gasteiger partial charge in [0.2, 0.25) is 0 Å². The molecule has 21 heavy (non-hydrogen) atoms. The van der Waals surface area contributed by atoms with Gasteiger partial charge in [0.05, 0.1) is 26.9 Å². The van der Waals surface area contributed by atoms with Crippen molar-refractivity contribution in [3.8, 4) is 0 Å². The molecule has 0 saturated carbocycles. The van der Waals surface area contributed by atoms with Crippen LogP contribution in [-0.2, 0) is 9.84 Å². The number of H-pyrrole nitrogens is 2. The van der Waals surface area contributed by atoms with E-state index in [0.29, 0.717) is 17.5 Å². The molecule has 0 amide bonds. The van der Waals surface area contributed by atoms with E-state index in [-0.39, 0.29) is 16.3 Å². The Morgan fingerprint density at radius 1 is 1.19 bits per heavy atom. The van der Waals surface area contributed by atoms with E-state index < -0.39 is 15.1 Å². The van der Waals surface area contributed by atoms with E-state index in [2.05, 4.69) is 41.8 Å². The number of hydrogen-bond donors (Lipinski definition) is 2. The lowest BCUT2D eigenvalue weighted by Gasteiger charge is -2.27. The van der Waals surface area contributed by atoms with E-state index >= 15 is 0 Å². The largest absolute Gasteiger partial charge is 0.323 e. The Balaban J connectivity index is 2.06. The first-order chi connectivity index (χ1) is 9.88. The Labute approximate surface area is 138 Å². The van der Waals surface area contributed by atoms with Crippen molar-refractivity contribution in [1.82, 2.24) is 9.97 Å². The lowest BCUT2D eigenvalue weighted by Crippen LogP contribution is -2.31. The molecule has 114 valence electrons. The molecule has 0 radical (unpaired) electrons. The van der Waals surface area contributed by atoms with Crippen LogP contribution in [0.2, 0.25) is 0 Å². The number of hydrogen-bond acceptors (Lipinski definition) is 3. The van der Waals surface area contributed by atoms with Crippen LogP contribution in [0.25, 0.3) is 11.0 Å². The van der Waals surface area contributed by atoms with Gasteiger partial charge in [0, 0.05) is 4.47 Å². The van der Waals surface area contributed by atoms with Crippen LogP contribution in [0.4, 0.5) is 0 Å². The van der Waals surface area contributed by atoms with Gasteiger partial charge in [-0.1, -0.05) is 38.3 Å². The second kappa shape index (κ2) is 5.55. The Morgan fingerprint density at radius 3 is 2.52 bits per heavy atom. The molecule has 0 bridgehead atoms. The van der Waals surface area contributed by atoms with Gasteiger partial charge in [-0.15, -0.1) is 0 Å². The number of imidazole rings is 1. The van der Waals surface area contributed by atoms with E-state index in [0.717, 1.165) is 22.9 Å². The fraction of sp³-hybridized carbons (Fsp3) is 0.462. The molecule has 8 heteroatoms. The van der Waals surface area contributed by atoms with Gasteiger partial charge < -0.3 is 9.97 Å². The van der Waals surface area contributed by atoms with Crippen LogP contribution in [0.5, 0.6) is 0 Å². The van der Waals surface area contributed by atoms with E-state index in [9.17, 15) is 13.2 Å². The maximum Gasteiger partial charge on any atom is 0.323 e. The summed E-state index contributed by atoms with van der Waals surface area (Å²) in [5.41, 5.74) is 1.94. The molecule has 2 aromatic rings. The zero-order valence-electron chi connectivity index (χ0n) is 11.0. The summed E-state index contributed by atoms with van der Waals surface area (Å²) in [4.78, 5) is 16.4. The third-order valence-electron chi connectivity index (χ3n) is 3.89. The monoisotopic (exact) mass is 436 g/mol. The smallest absolute Gasteiger partial charge is 0.306 e. The molecule has 2 atom stereocenters. The number of alkyl halides is 1. The molecule has 2 heterocycles. The molecule has 1 saturated heterocycles. The summed E-state index contributed by atoms with van der Waals surface area (Å²) in [6.45, 7) is 0. The van der Waals surface area contributed by atoms with Gasteiger partial charge in [-0.05, 0) is 30.5 Å². The second-order valence-corrected chi connectivity index (χ2v) is 9.48. The first-order valence-electron chi connectivity index (χ1n) is 6.65. The Hall–Kier alpha value is -0.600.